The lowest BCUT2D eigenvalue weighted by Gasteiger charge is -2.11. The summed E-state index contributed by atoms with van der Waals surface area (Å²) in [5.74, 6) is 1.59. The SMILES string of the molecule is CCOc1ccc(/C=C/C(=C(\C#N)C(N)=C(C#N)C#N)C2CC2)c(OCC)c1. The summed E-state index contributed by atoms with van der Waals surface area (Å²) in [6.45, 7) is 4.89. The third kappa shape index (κ3) is 4.93. The van der Waals surface area contributed by atoms with Crippen LogP contribution in [0.25, 0.3) is 6.08 Å². The van der Waals surface area contributed by atoms with E-state index >= 15 is 0 Å². The Morgan fingerprint density at radius 3 is 2.32 bits per heavy atom. The lowest BCUT2D eigenvalue weighted by molar-refractivity contribution is 0.322. The fraction of sp³-hybridized carbons (Fsp3) is 0.318. The van der Waals surface area contributed by atoms with Gasteiger partial charge in [0.05, 0.1) is 24.5 Å². The average molecular weight is 374 g/mol. The van der Waals surface area contributed by atoms with Crippen molar-refractivity contribution in [3.63, 3.8) is 0 Å². The number of hydrogen-bond donors (Lipinski definition) is 1. The summed E-state index contributed by atoms with van der Waals surface area (Å²) in [7, 11) is 0. The van der Waals surface area contributed by atoms with E-state index in [1.165, 1.54) is 0 Å². The van der Waals surface area contributed by atoms with Crippen LogP contribution in [0.15, 0.2) is 46.7 Å². The van der Waals surface area contributed by atoms with Gasteiger partial charge in [-0.05, 0) is 50.3 Å². The summed E-state index contributed by atoms with van der Waals surface area (Å²) in [5.41, 5.74) is 7.37. The van der Waals surface area contributed by atoms with Crippen molar-refractivity contribution >= 4 is 6.08 Å². The maximum Gasteiger partial charge on any atom is 0.153 e. The number of hydrogen-bond acceptors (Lipinski definition) is 6. The summed E-state index contributed by atoms with van der Waals surface area (Å²) in [5, 5.41) is 27.7. The van der Waals surface area contributed by atoms with Crippen molar-refractivity contribution in [2.24, 2.45) is 11.7 Å². The highest BCUT2D eigenvalue weighted by Crippen LogP contribution is 2.40. The predicted molar refractivity (Wildman–Crippen MR) is 106 cm³/mol. The number of nitrogens with zero attached hydrogens (tertiary/aromatic N) is 3. The molecule has 142 valence electrons. The van der Waals surface area contributed by atoms with Crippen molar-refractivity contribution < 1.29 is 9.47 Å². The van der Waals surface area contributed by atoms with E-state index in [9.17, 15) is 5.26 Å². The second kappa shape index (κ2) is 9.86. The molecule has 1 aliphatic carbocycles. The van der Waals surface area contributed by atoms with Gasteiger partial charge in [-0.2, -0.15) is 15.8 Å². The Morgan fingerprint density at radius 1 is 1.11 bits per heavy atom. The van der Waals surface area contributed by atoms with E-state index in [4.69, 9.17) is 25.7 Å². The largest absolute Gasteiger partial charge is 0.494 e. The van der Waals surface area contributed by atoms with Gasteiger partial charge in [0.25, 0.3) is 0 Å². The Balaban J connectivity index is 2.49. The molecule has 0 aromatic heterocycles. The van der Waals surface area contributed by atoms with Crippen LogP contribution in [0.3, 0.4) is 0 Å². The fourth-order valence-corrected chi connectivity index (χ4v) is 2.74. The molecule has 0 radical (unpaired) electrons. The van der Waals surface area contributed by atoms with Gasteiger partial charge in [0.1, 0.15) is 29.7 Å². The first-order chi connectivity index (χ1) is 13.6. The highest BCUT2D eigenvalue weighted by atomic mass is 16.5. The molecule has 6 nitrogen and oxygen atoms in total. The monoisotopic (exact) mass is 374 g/mol. The molecule has 0 amide bonds. The minimum Gasteiger partial charge on any atom is -0.494 e. The van der Waals surface area contributed by atoms with Gasteiger partial charge in [0, 0.05) is 11.6 Å². The van der Waals surface area contributed by atoms with Gasteiger partial charge in [-0.15, -0.1) is 0 Å². The second-order valence-electron chi connectivity index (χ2n) is 6.13. The van der Waals surface area contributed by atoms with Gasteiger partial charge < -0.3 is 15.2 Å². The first-order valence-electron chi connectivity index (χ1n) is 9.11. The number of nitrogens with two attached hydrogens (primary N) is 1. The molecule has 1 saturated carbocycles. The second-order valence-corrected chi connectivity index (χ2v) is 6.13. The van der Waals surface area contributed by atoms with Crippen LogP contribution < -0.4 is 15.2 Å². The van der Waals surface area contributed by atoms with Gasteiger partial charge >= 0.3 is 0 Å². The van der Waals surface area contributed by atoms with E-state index in [0.29, 0.717) is 19.0 Å². The van der Waals surface area contributed by atoms with Crippen LogP contribution in [0.4, 0.5) is 0 Å². The normalized spacial score (nSPS) is 13.7. The molecule has 6 heteroatoms. The molecule has 0 aliphatic heterocycles. The highest BCUT2D eigenvalue weighted by Gasteiger charge is 2.28. The predicted octanol–water partition coefficient (Wildman–Crippen LogP) is 3.99. The lowest BCUT2D eigenvalue weighted by Crippen LogP contribution is -2.06. The molecule has 1 aromatic rings. The summed E-state index contributed by atoms with van der Waals surface area (Å²) < 4.78 is 11.2. The molecule has 28 heavy (non-hydrogen) atoms. The Labute approximate surface area is 165 Å². The van der Waals surface area contributed by atoms with Crippen molar-refractivity contribution in [2.45, 2.75) is 26.7 Å². The lowest BCUT2D eigenvalue weighted by atomic mass is 9.98. The van der Waals surface area contributed by atoms with Crippen molar-refractivity contribution in [2.75, 3.05) is 13.2 Å². The minimum atomic E-state index is -0.251. The van der Waals surface area contributed by atoms with Crippen LogP contribution in [0.5, 0.6) is 11.5 Å². The number of benzene rings is 1. The Bertz CT molecular complexity index is 932. The Morgan fingerprint density at radius 2 is 1.79 bits per heavy atom. The molecule has 0 bridgehead atoms. The molecule has 1 fully saturated rings. The third-order valence-electron chi connectivity index (χ3n) is 4.22. The van der Waals surface area contributed by atoms with Gasteiger partial charge in [0.2, 0.25) is 0 Å². The van der Waals surface area contributed by atoms with E-state index < -0.39 is 0 Å². The quantitative estimate of drug-likeness (QED) is 0.543. The highest BCUT2D eigenvalue weighted by molar-refractivity contribution is 5.65. The zero-order chi connectivity index (χ0) is 20.5. The molecule has 0 spiro atoms. The number of ether oxygens (including phenoxy) is 2. The van der Waals surface area contributed by atoms with Crippen LogP contribution in [-0.2, 0) is 0 Å². The summed E-state index contributed by atoms with van der Waals surface area (Å²) >= 11 is 0. The summed E-state index contributed by atoms with van der Waals surface area (Å²) in [4.78, 5) is 0. The standard InChI is InChI=1S/C22H22N4O2/c1-3-27-18-9-7-16(21(11-18)28-4-2)8-10-19(15-5-6-15)20(14-25)22(26)17(12-23)13-24/h7-11,15H,3-6,26H2,1-2H3/b10-8+,20-19-. The van der Waals surface area contributed by atoms with E-state index in [-0.39, 0.29) is 22.8 Å². The fourth-order valence-electron chi connectivity index (χ4n) is 2.74. The van der Waals surface area contributed by atoms with Crippen molar-refractivity contribution in [3.05, 3.63) is 52.3 Å². The molecule has 0 heterocycles. The first-order valence-corrected chi connectivity index (χ1v) is 9.11. The molecule has 2 rings (SSSR count). The average Bonchev–Trinajstić information content (AvgIpc) is 3.53. The molecular formula is C22H22N4O2. The zero-order valence-corrected chi connectivity index (χ0v) is 16.0. The molecule has 1 aliphatic rings. The summed E-state index contributed by atoms with van der Waals surface area (Å²) in [6.07, 6.45) is 5.56. The molecular weight excluding hydrogens is 352 g/mol. The van der Waals surface area contributed by atoms with Crippen LogP contribution in [0, 0.1) is 39.9 Å². The third-order valence-corrected chi connectivity index (χ3v) is 4.22. The smallest absolute Gasteiger partial charge is 0.153 e. The van der Waals surface area contributed by atoms with Gasteiger partial charge in [-0.25, -0.2) is 0 Å². The van der Waals surface area contributed by atoms with Gasteiger partial charge in [-0.3, -0.25) is 0 Å². The zero-order valence-electron chi connectivity index (χ0n) is 16.0. The molecule has 0 unspecified atom stereocenters. The van der Waals surface area contributed by atoms with Crippen LogP contribution in [-0.4, -0.2) is 13.2 Å². The maximum atomic E-state index is 9.60. The van der Waals surface area contributed by atoms with Gasteiger partial charge in [0.15, 0.2) is 5.57 Å². The molecule has 1 aromatic carbocycles. The number of nitriles is 3. The molecule has 2 N–H and O–H groups in total. The minimum absolute atomic E-state index is 0.0734. The Hall–Kier alpha value is -3.69. The maximum absolute atomic E-state index is 9.60. The van der Waals surface area contributed by atoms with Crippen molar-refractivity contribution in [1.82, 2.24) is 0 Å². The van der Waals surface area contributed by atoms with Crippen LogP contribution in [0.2, 0.25) is 0 Å². The van der Waals surface area contributed by atoms with Crippen molar-refractivity contribution in [1.29, 1.82) is 15.8 Å². The topological polar surface area (TPSA) is 116 Å². The Kier molecular flexibility index (Phi) is 7.26. The van der Waals surface area contributed by atoms with E-state index in [1.807, 2.05) is 44.2 Å². The van der Waals surface area contributed by atoms with Crippen LogP contribution in [0.1, 0.15) is 32.3 Å². The van der Waals surface area contributed by atoms with E-state index in [0.717, 1.165) is 29.7 Å². The van der Waals surface area contributed by atoms with Crippen LogP contribution >= 0.6 is 0 Å². The molecule has 0 atom stereocenters. The summed E-state index contributed by atoms with van der Waals surface area (Å²) in [6, 6.07) is 11.1. The van der Waals surface area contributed by atoms with Crippen molar-refractivity contribution in [3.8, 4) is 29.7 Å². The van der Waals surface area contributed by atoms with E-state index in [2.05, 4.69) is 6.07 Å². The van der Waals surface area contributed by atoms with Gasteiger partial charge in [-0.1, -0.05) is 12.2 Å². The first kappa shape index (κ1) is 20.6. The molecule has 0 saturated heterocycles. The number of allylic oxidation sites excluding steroid dienone is 4. The number of rotatable bonds is 8. The van der Waals surface area contributed by atoms with E-state index in [1.54, 1.807) is 12.1 Å².